The van der Waals surface area contributed by atoms with Gasteiger partial charge in [0, 0.05) is 25.0 Å². The first-order valence-corrected chi connectivity index (χ1v) is 8.65. The zero-order chi connectivity index (χ0) is 16.9. The van der Waals surface area contributed by atoms with Gasteiger partial charge in [-0.05, 0) is 38.4 Å². The molecule has 2 amide bonds. The van der Waals surface area contributed by atoms with E-state index in [1.807, 2.05) is 12.1 Å². The highest BCUT2D eigenvalue weighted by molar-refractivity contribution is 6.04. The van der Waals surface area contributed by atoms with Crippen molar-refractivity contribution in [3.8, 4) is 0 Å². The van der Waals surface area contributed by atoms with E-state index in [9.17, 15) is 9.59 Å². The first kappa shape index (κ1) is 19.7. The van der Waals surface area contributed by atoms with Crippen LogP contribution < -0.4 is 10.6 Å². The van der Waals surface area contributed by atoms with Crippen molar-refractivity contribution in [1.82, 2.24) is 10.2 Å². The molecule has 138 valence electrons. The predicted octanol–water partition coefficient (Wildman–Crippen LogP) is 1.91. The number of amides is 2. The fourth-order valence-electron chi connectivity index (χ4n) is 3.32. The van der Waals surface area contributed by atoms with Gasteiger partial charge in [-0.15, -0.1) is 12.4 Å². The summed E-state index contributed by atoms with van der Waals surface area (Å²) in [5, 5.41) is 6.33. The van der Waals surface area contributed by atoms with Gasteiger partial charge in [-0.3, -0.25) is 9.59 Å². The number of para-hydroxylation sites is 1. The normalized spacial score (nSPS) is 23.5. The Morgan fingerprint density at radius 1 is 1.24 bits per heavy atom. The number of nitrogens with one attached hydrogen (secondary N) is 2. The molecule has 2 fully saturated rings. The molecule has 2 atom stereocenters. The SMILES string of the molecule is C[C@H]1C[C@@H](C(=O)Nc2ccccc2C(=O)N2CCOCC2)CCN1.Cl. The molecule has 0 saturated carbocycles. The molecule has 1 aromatic carbocycles. The van der Waals surface area contributed by atoms with Crippen LogP contribution in [-0.2, 0) is 9.53 Å². The number of hydrogen-bond donors (Lipinski definition) is 2. The molecule has 0 aromatic heterocycles. The lowest BCUT2D eigenvalue weighted by atomic mass is 9.92. The van der Waals surface area contributed by atoms with Crippen LogP contribution in [0.1, 0.15) is 30.1 Å². The number of morpholine rings is 1. The Balaban J connectivity index is 0.00000225. The molecule has 2 heterocycles. The van der Waals surface area contributed by atoms with E-state index >= 15 is 0 Å². The number of halogens is 1. The number of carbonyl (C=O) groups excluding carboxylic acids is 2. The lowest BCUT2D eigenvalue weighted by Crippen LogP contribution is -2.42. The number of anilines is 1. The van der Waals surface area contributed by atoms with E-state index in [1.165, 1.54) is 0 Å². The van der Waals surface area contributed by atoms with E-state index in [1.54, 1.807) is 17.0 Å². The zero-order valence-corrected chi connectivity index (χ0v) is 15.3. The Labute approximate surface area is 154 Å². The maximum absolute atomic E-state index is 12.7. The molecule has 0 unspecified atom stereocenters. The maximum atomic E-state index is 12.7. The largest absolute Gasteiger partial charge is 0.378 e. The third kappa shape index (κ3) is 4.93. The van der Waals surface area contributed by atoms with Gasteiger partial charge in [0.05, 0.1) is 24.5 Å². The molecule has 0 aliphatic carbocycles. The minimum Gasteiger partial charge on any atom is -0.378 e. The van der Waals surface area contributed by atoms with E-state index in [-0.39, 0.29) is 30.1 Å². The first-order valence-electron chi connectivity index (χ1n) is 8.65. The summed E-state index contributed by atoms with van der Waals surface area (Å²) in [5.74, 6) is -0.0498. The summed E-state index contributed by atoms with van der Waals surface area (Å²) in [5.41, 5.74) is 1.15. The van der Waals surface area contributed by atoms with Crippen molar-refractivity contribution in [2.75, 3.05) is 38.2 Å². The first-order chi connectivity index (χ1) is 11.6. The van der Waals surface area contributed by atoms with E-state index in [0.717, 1.165) is 19.4 Å². The molecule has 7 heteroatoms. The van der Waals surface area contributed by atoms with Gasteiger partial charge in [0.1, 0.15) is 0 Å². The van der Waals surface area contributed by atoms with Gasteiger partial charge in [-0.25, -0.2) is 0 Å². The fourth-order valence-corrected chi connectivity index (χ4v) is 3.32. The summed E-state index contributed by atoms with van der Waals surface area (Å²) in [6.07, 6.45) is 1.65. The Morgan fingerprint density at radius 2 is 1.96 bits per heavy atom. The quantitative estimate of drug-likeness (QED) is 0.856. The zero-order valence-electron chi connectivity index (χ0n) is 14.5. The number of carbonyl (C=O) groups is 2. The molecule has 2 aliphatic rings. The van der Waals surface area contributed by atoms with Crippen molar-refractivity contribution in [2.45, 2.75) is 25.8 Å². The maximum Gasteiger partial charge on any atom is 0.256 e. The average Bonchev–Trinajstić information content (AvgIpc) is 2.62. The lowest BCUT2D eigenvalue weighted by Gasteiger charge is -2.29. The molecule has 0 bridgehead atoms. The molecule has 0 radical (unpaired) electrons. The highest BCUT2D eigenvalue weighted by Crippen LogP contribution is 2.22. The summed E-state index contributed by atoms with van der Waals surface area (Å²) in [6.45, 7) is 5.25. The fraction of sp³-hybridized carbons (Fsp3) is 0.556. The van der Waals surface area contributed by atoms with E-state index in [2.05, 4.69) is 17.6 Å². The number of benzene rings is 1. The molecule has 2 saturated heterocycles. The summed E-state index contributed by atoms with van der Waals surface area (Å²) in [6, 6.07) is 7.60. The van der Waals surface area contributed by atoms with Crippen LogP contribution in [0.25, 0.3) is 0 Å². The average molecular weight is 368 g/mol. The summed E-state index contributed by atoms with van der Waals surface area (Å²) < 4.78 is 5.30. The topological polar surface area (TPSA) is 70.7 Å². The van der Waals surface area contributed by atoms with Crippen LogP contribution in [0.3, 0.4) is 0 Å². The molecule has 6 nitrogen and oxygen atoms in total. The van der Waals surface area contributed by atoms with Crippen molar-refractivity contribution in [3.05, 3.63) is 29.8 Å². The minimum absolute atomic E-state index is 0. The van der Waals surface area contributed by atoms with E-state index in [4.69, 9.17) is 4.74 Å². The van der Waals surface area contributed by atoms with Crippen LogP contribution in [0.15, 0.2) is 24.3 Å². The Bertz CT molecular complexity index is 605. The molecule has 3 rings (SSSR count). The van der Waals surface area contributed by atoms with Crippen LogP contribution in [0.4, 0.5) is 5.69 Å². The van der Waals surface area contributed by atoms with Crippen molar-refractivity contribution in [3.63, 3.8) is 0 Å². The molecular weight excluding hydrogens is 342 g/mol. The molecule has 1 aromatic rings. The third-order valence-corrected chi connectivity index (χ3v) is 4.71. The highest BCUT2D eigenvalue weighted by atomic mass is 35.5. The van der Waals surface area contributed by atoms with Crippen molar-refractivity contribution in [2.24, 2.45) is 5.92 Å². The minimum atomic E-state index is -0.0483. The number of ether oxygens (including phenoxy) is 1. The Kier molecular flexibility index (Phi) is 7.23. The third-order valence-electron chi connectivity index (χ3n) is 4.71. The standard InChI is InChI=1S/C18H25N3O3.ClH/c1-13-12-14(6-7-19-13)17(22)20-16-5-3-2-4-15(16)18(23)21-8-10-24-11-9-21;/h2-5,13-14,19H,6-12H2,1H3,(H,20,22);1H/t13-,14-;/m0./s1. The number of rotatable bonds is 3. The van der Waals surface area contributed by atoms with Gasteiger partial charge in [0.25, 0.3) is 5.91 Å². The number of hydrogen-bond acceptors (Lipinski definition) is 4. The van der Waals surface area contributed by atoms with Crippen LogP contribution >= 0.6 is 12.4 Å². The second-order valence-corrected chi connectivity index (χ2v) is 6.52. The molecule has 25 heavy (non-hydrogen) atoms. The monoisotopic (exact) mass is 367 g/mol. The van der Waals surface area contributed by atoms with Gasteiger partial charge >= 0.3 is 0 Å². The second-order valence-electron chi connectivity index (χ2n) is 6.52. The van der Waals surface area contributed by atoms with Crippen molar-refractivity contribution < 1.29 is 14.3 Å². The molecular formula is C18H26ClN3O3. The predicted molar refractivity (Wildman–Crippen MR) is 99.2 cm³/mol. The summed E-state index contributed by atoms with van der Waals surface area (Å²) in [7, 11) is 0. The molecule has 2 aliphatic heterocycles. The highest BCUT2D eigenvalue weighted by Gasteiger charge is 2.26. The molecule has 2 N–H and O–H groups in total. The molecule has 0 spiro atoms. The van der Waals surface area contributed by atoms with Crippen LogP contribution in [0.2, 0.25) is 0 Å². The Morgan fingerprint density at radius 3 is 2.68 bits per heavy atom. The van der Waals surface area contributed by atoms with Crippen molar-refractivity contribution >= 4 is 29.9 Å². The van der Waals surface area contributed by atoms with Gasteiger partial charge < -0.3 is 20.3 Å². The number of nitrogens with zero attached hydrogens (tertiary/aromatic N) is 1. The van der Waals surface area contributed by atoms with E-state index < -0.39 is 0 Å². The summed E-state index contributed by atoms with van der Waals surface area (Å²) >= 11 is 0. The van der Waals surface area contributed by atoms with E-state index in [0.29, 0.717) is 43.6 Å². The van der Waals surface area contributed by atoms with Gasteiger partial charge in [-0.2, -0.15) is 0 Å². The van der Waals surface area contributed by atoms with Crippen LogP contribution in [-0.4, -0.2) is 55.6 Å². The number of piperidine rings is 1. The van der Waals surface area contributed by atoms with Crippen molar-refractivity contribution in [1.29, 1.82) is 0 Å². The van der Waals surface area contributed by atoms with Gasteiger partial charge in [0.2, 0.25) is 5.91 Å². The Hall–Kier alpha value is -1.63. The van der Waals surface area contributed by atoms with Crippen LogP contribution in [0.5, 0.6) is 0 Å². The van der Waals surface area contributed by atoms with Crippen LogP contribution in [0, 0.1) is 5.92 Å². The van der Waals surface area contributed by atoms with Gasteiger partial charge in [-0.1, -0.05) is 12.1 Å². The smallest absolute Gasteiger partial charge is 0.256 e. The van der Waals surface area contributed by atoms with Gasteiger partial charge in [0.15, 0.2) is 0 Å². The summed E-state index contributed by atoms with van der Waals surface area (Å²) in [4.78, 5) is 27.1. The lowest BCUT2D eigenvalue weighted by molar-refractivity contribution is -0.120. The second kappa shape index (κ2) is 9.17.